The molecular weight excluding hydrogens is 176 g/mol. The van der Waals surface area contributed by atoms with E-state index in [1.807, 2.05) is 6.92 Å². The van der Waals surface area contributed by atoms with Crippen molar-refractivity contribution in [1.29, 1.82) is 0 Å². The third kappa shape index (κ3) is 2.31. The average Bonchev–Trinajstić information content (AvgIpc) is 2.00. The molecule has 0 aromatic rings. The van der Waals surface area contributed by atoms with E-state index in [0.29, 0.717) is 12.8 Å². The molecule has 0 aliphatic heterocycles. The molecule has 2 heteroatoms. The Hall–Kier alpha value is -0.920. The Labute approximate surface area is 85.4 Å². The summed E-state index contributed by atoms with van der Waals surface area (Å²) in [5.74, 6) is 0.219. The smallest absolute Gasteiger partial charge is 0.159 e. The topological polar surface area (TPSA) is 34.1 Å². The number of carbonyl (C=O) groups excluding carboxylic acids is 2. The molecule has 1 rings (SSSR count). The van der Waals surface area contributed by atoms with Gasteiger partial charge in [0.25, 0.3) is 0 Å². The van der Waals surface area contributed by atoms with Crippen LogP contribution in [-0.2, 0) is 9.59 Å². The predicted octanol–water partition coefficient (Wildman–Crippen LogP) is 2.53. The second-order valence-corrected chi connectivity index (χ2v) is 4.86. The molecule has 0 heterocycles. The van der Waals surface area contributed by atoms with Crippen molar-refractivity contribution in [3.05, 3.63) is 11.6 Å². The van der Waals surface area contributed by atoms with Gasteiger partial charge in [0.05, 0.1) is 0 Å². The predicted molar refractivity (Wildman–Crippen MR) is 56.0 cm³/mol. The van der Waals surface area contributed by atoms with Crippen molar-refractivity contribution >= 4 is 12.1 Å². The normalized spacial score (nSPS) is 25.8. The minimum Gasteiger partial charge on any atom is -0.303 e. The van der Waals surface area contributed by atoms with Gasteiger partial charge in [-0.1, -0.05) is 19.4 Å². The van der Waals surface area contributed by atoms with E-state index in [-0.39, 0.29) is 17.1 Å². The highest BCUT2D eigenvalue weighted by Crippen LogP contribution is 2.40. The maximum absolute atomic E-state index is 11.7. The summed E-state index contributed by atoms with van der Waals surface area (Å²) in [6.45, 7) is 6.21. The van der Waals surface area contributed by atoms with Crippen molar-refractivity contribution in [1.82, 2.24) is 0 Å². The third-order valence-corrected chi connectivity index (χ3v) is 2.98. The number of allylic oxidation sites excluding steroid dienone is 2. The van der Waals surface area contributed by atoms with Gasteiger partial charge in [-0.2, -0.15) is 0 Å². The number of hydrogen-bond donors (Lipinski definition) is 0. The third-order valence-electron chi connectivity index (χ3n) is 2.98. The zero-order chi connectivity index (χ0) is 10.8. The van der Waals surface area contributed by atoms with Gasteiger partial charge in [0.2, 0.25) is 0 Å². The van der Waals surface area contributed by atoms with Crippen molar-refractivity contribution < 1.29 is 9.59 Å². The molecule has 0 fully saturated rings. The molecule has 1 unspecified atom stereocenters. The highest BCUT2D eigenvalue weighted by molar-refractivity contribution is 5.94. The van der Waals surface area contributed by atoms with Crippen molar-refractivity contribution in [2.75, 3.05) is 0 Å². The van der Waals surface area contributed by atoms with E-state index in [0.717, 1.165) is 18.3 Å². The van der Waals surface area contributed by atoms with Crippen LogP contribution in [0.25, 0.3) is 0 Å². The molecule has 0 aromatic heterocycles. The molecule has 0 amide bonds. The van der Waals surface area contributed by atoms with E-state index >= 15 is 0 Å². The van der Waals surface area contributed by atoms with Gasteiger partial charge in [-0.05, 0) is 31.3 Å². The van der Waals surface area contributed by atoms with Crippen LogP contribution in [0.3, 0.4) is 0 Å². The van der Waals surface area contributed by atoms with Crippen molar-refractivity contribution in [3.8, 4) is 0 Å². The zero-order valence-electron chi connectivity index (χ0n) is 9.17. The van der Waals surface area contributed by atoms with Crippen LogP contribution in [0.15, 0.2) is 11.6 Å². The lowest BCUT2D eigenvalue weighted by molar-refractivity contribution is -0.123. The van der Waals surface area contributed by atoms with Crippen LogP contribution in [-0.4, -0.2) is 12.1 Å². The van der Waals surface area contributed by atoms with Gasteiger partial charge >= 0.3 is 0 Å². The zero-order valence-corrected chi connectivity index (χ0v) is 9.17. The molecule has 0 saturated heterocycles. The molecule has 0 saturated carbocycles. The Morgan fingerprint density at radius 3 is 2.71 bits per heavy atom. The first-order valence-electron chi connectivity index (χ1n) is 5.12. The highest BCUT2D eigenvalue weighted by atomic mass is 16.1. The lowest BCUT2D eigenvalue weighted by Gasteiger charge is -2.36. The lowest BCUT2D eigenvalue weighted by atomic mass is 9.67. The average molecular weight is 194 g/mol. The molecule has 0 N–H and O–H groups in total. The Morgan fingerprint density at radius 2 is 2.21 bits per heavy atom. The van der Waals surface area contributed by atoms with Crippen LogP contribution in [0.5, 0.6) is 0 Å². The first kappa shape index (κ1) is 11.2. The van der Waals surface area contributed by atoms with Gasteiger partial charge < -0.3 is 4.79 Å². The first-order valence-corrected chi connectivity index (χ1v) is 5.12. The second-order valence-electron chi connectivity index (χ2n) is 4.86. The van der Waals surface area contributed by atoms with E-state index < -0.39 is 0 Å². The van der Waals surface area contributed by atoms with Crippen LogP contribution in [0.1, 0.15) is 40.0 Å². The molecule has 2 nitrogen and oxygen atoms in total. The number of rotatable bonds is 3. The first-order chi connectivity index (χ1) is 6.47. The molecule has 1 atom stereocenters. The van der Waals surface area contributed by atoms with Crippen molar-refractivity contribution in [2.45, 2.75) is 40.0 Å². The molecule has 14 heavy (non-hydrogen) atoms. The SMILES string of the molecule is CC1=CC(=O)C(CCC=O)C(C)(C)C1. The molecule has 0 aromatic carbocycles. The Balaban J connectivity index is 2.81. The summed E-state index contributed by atoms with van der Waals surface area (Å²) < 4.78 is 0. The van der Waals surface area contributed by atoms with Gasteiger partial charge in [0, 0.05) is 12.3 Å². The molecule has 1 aliphatic carbocycles. The molecule has 0 spiro atoms. The minimum atomic E-state index is 0.0128. The van der Waals surface area contributed by atoms with Crippen molar-refractivity contribution in [2.24, 2.45) is 11.3 Å². The molecule has 0 radical (unpaired) electrons. The highest BCUT2D eigenvalue weighted by Gasteiger charge is 2.36. The van der Waals surface area contributed by atoms with Gasteiger partial charge in [-0.15, -0.1) is 0 Å². The maximum atomic E-state index is 11.7. The largest absolute Gasteiger partial charge is 0.303 e. The molecule has 78 valence electrons. The Bertz CT molecular complexity index is 274. The molecule has 0 bridgehead atoms. The van der Waals surface area contributed by atoms with E-state index in [4.69, 9.17) is 0 Å². The summed E-state index contributed by atoms with van der Waals surface area (Å²) in [5, 5.41) is 0. The summed E-state index contributed by atoms with van der Waals surface area (Å²) in [6.07, 6.45) is 4.78. The number of aldehydes is 1. The van der Waals surface area contributed by atoms with Gasteiger partial charge in [-0.25, -0.2) is 0 Å². The monoisotopic (exact) mass is 194 g/mol. The fourth-order valence-corrected chi connectivity index (χ4v) is 2.39. The lowest BCUT2D eigenvalue weighted by Crippen LogP contribution is -2.34. The van der Waals surface area contributed by atoms with E-state index in [1.54, 1.807) is 6.08 Å². The summed E-state index contributed by atoms with van der Waals surface area (Å²) >= 11 is 0. The molecule has 1 aliphatic rings. The van der Waals surface area contributed by atoms with Crippen LogP contribution < -0.4 is 0 Å². The fraction of sp³-hybridized carbons (Fsp3) is 0.667. The van der Waals surface area contributed by atoms with Gasteiger partial charge in [0.15, 0.2) is 5.78 Å². The summed E-state index contributed by atoms with van der Waals surface area (Å²) in [4.78, 5) is 22.0. The van der Waals surface area contributed by atoms with Crippen LogP contribution >= 0.6 is 0 Å². The molecular formula is C12H18O2. The van der Waals surface area contributed by atoms with Gasteiger partial charge in [0.1, 0.15) is 6.29 Å². The van der Waals surface area contributed by atoms with Crippen LogP contribution in [0, 0.1) is 11.3 Å². The standard InChI is InChI=1S/C12H18O2/c1-9-7-11(14)10(5-4-6-13)12(2,3)8-9/h6-7,10H,4-5,8H2,1-3H3. The number of carbonyl (C=O) groups is 2. The second kappa shape index (κ2) is 4.07. The maximum Gasteiger partial charge on any atom is 0.159 e. The summed E-state index contributed by atoms with van der Waals surface area (Å²) in [7, 11) is 0. The van der Waals surface area contributed by atoms with E-state index in [1.165, 1.54) is 0 Å². The fourth-order valence-electron chi connectivity index (χ4n) is 2.39. The number of hydrogen-bond acceptors (Lipinski definition) is 2. The quantitative estimate of drug-likeness (QED) is 0.647. The van der Waals surface area contributed by atoms with Crippen LogP contribution in [0.4, 0.5) is 0 Å². The van der Waals surface area contributed by atoms with E-state index in [2.05, 4.69) is 13.8 Å². The van der Waals surface area contributed by atoms with E-state index in [9.17, 15) is 9.59 Å². The van der Waals surface area contributed by atoms with Crippen molar-refractivity contribution in [3.63, 3.8) is 0 Å². The van der Waals surface area contributed by atoms with Crippen LogP contribution in [0.2, 0.25) is 0 Å². The Kier molecular flexibility index (Phi) is 3.25. The summed E-state index contributed by atoms with van der Waals surface area (Å²) in [5.41, 5.74) is 1.17. The van der Waals surface area contributed by atoms with Gasteiger partial charge in [-0.3, -0.25) is 4.79 Å². The summed E-state index contributed by atoms with van der Waals surface area (Å²) in [6, 6.07) is 0. The Morgan fingerprint density at radius 1 is 1.57 bits per heavy atom. The number of ketones is 1. The minimum absolute atomic E-state index is 0.0128.